The van der Waals surface area contributed by atoms with Crippen LogP contribution in [0.25, 0.3) is 127 Å². The van der Waals surface area contributed by atoms with Gasteiger partial charge in [0, 0.05) is 32.7 Å². The van der Waals surface area contributed by atoms with Gasteiger partial charge in [-0.25, -0.2) is 0 Å². The van der Waals surface area contributed by atoms with Crippen molar-refractivity contribution in [2.45, 2.75) is 36.5 Å². The molecule has 0 radical (unpaired) electrons. The van der Waals surface area contributed by atoms with Gasteiger partial charge in [0.2, 0.25) is 0 Å². The molecule has 0 bridgehead atoms. The van der Waals surface area contributed by atoms with Gasteiger partial charge in [-0.2, -0.15) is 0 Å². The van der Waals surface area contributed by atoms with E-state index in [0.717, 1.165) is 97.8 Å². The Balaban J connectivity index is 0.790. The Kier molecular flexibility index (Phi) is 9.24. The first kappa shape index (κ1) is 46.8. The Labute approximate surface area is 496 Å². The van der Waals surface area contributed by atoms with Crippen molar-refractivity contribution in [2.24, 2.45) is 0 Å². The first-order chi connectivity index (χ1) is 42.6. The van der Waals surface area contributed by atoms with Crippen LogP contribution >= 0.6 is 0 Å². The third-order valence-electron chi connectivity index (χ3n) is 20.5. The third-order valence-corrected chi connectivity index (χ3v) is 20.5. The molecule has 2 spiro atoms. The van der Waals surface area contributed by atoms with Gasteiger partial charge in [-0.15, -0.1) is 10.2 Å². The molecule has 0 saturated carbocycles. The van der Waals surface area contributed by atoms with Crippen LogP contribution in [-0.2, 0) is 10.8 Å². The summed E-state index contributed by atoms with van der Waals surface area (Å²) >= 11 is 0. The largest absolute Gasteiger partial charge is 0.455 e. The molecule has 3 aromatic heterocycles. The fourth-order valence-electron chi connectivity index (χ4n) is 17.1. The molecule has 0 aliphatic heterocycles. The van der Waals surface area contributed by atoms with Crippen LogP contribution in [0, 0.1) is 0 Å². The Morgan fingerprint density at radius 3 is 1.51 bits per heavy atom. The Morgan fingerprint density at radius 1 is 0.337 bits per heavy atom. The van der Waals surface area contributed by atoms with Gasteiger partial charge < -0.3 is 4.42 Å². The number of benzene rings is 11. The highest BCUT2D eigenvalue weighted by Crippen LogP contribution is 2.66. The summed E-state index contributed by atoms with van der Waals surface area (Å²) in [6.07, 6.45) is 13.9. The van der Waals surface area contributed by atoms with Gasteiger partial charge in [-0.05, 0) is 190 Å². The molecule has 400 valence electrons. The minimum atomic E-state index is -0.468. The minimum Gasteiger partial charge on any atom is -0.455 e. The van der Waals surface area contributed by atoms with Crippen molar-refractivity contribution in [1.82, 2.24) is 14.6 Å². The average Bonchev–Trinajstić information content (AvgIpc) is 1.61. The molecule has 4 heteroatoms. The summed E-state index contributed by atoms with van der Waals surface area (Å²) in [5.74, 6) is 0.807. The number of pyridine rings is 1. The number of nitrogens with zero attached hydrogens (tertiary/aromatic N) is 3. The van der Waals surface area contributed by atoms with E-state index >= 15 is 0 Å². The number of hydrogen-bond acceptors (Lipinski definition) is 3. The zero-order valence-electron chi connectivity index (χ0n) is 46.9. The third kappa shape index (κ3) is 5.88. The van der Waals surface area contributed by atoms with E-state index in [-0.39, 0.29) is 5.41 Å². The van der Waals surface area contributed by atoms with Crippen LogP contribution in [-0.4, -0.2) is 14.6 Å². The molecule has 6 aliphatic carbocycles. The lowest BCUT2D eigenvalue weighted by atomic mass is 9.65. The summed E-state index contributed by atoms with van der Waals surface area (Å²) in [6, 6.07) is 88.7. The smallest absolute Gasteiger partial charge is 0.169 e. The van der Waals surface area contributed by atoms with Crippen LogP contribution in [0.15, 0.2) is 276 Å². The van der Waals surface area contributed by atoms with Crippen molar-refractivity contribution in [3.63, 3.8) is 0 Å². The van der Waals surface area contributed by atoms with E-state index < -0.39 is 5.41 Å². The number of allylic oxidation sites excluding steroid dienone is 8. The van der Waals surface area contributed by atoms with E-state index in [2.05, 4.69) is 265 Å². The SMILES string of the molecule is C1=CC2=C(CC1)C1(C3=C(C=CCC3)c3ccc(-c4ccc5oc6c(-c7ccc(-c8nnc9c%10ccccc%10c%10ccccc%10n89)cc7)cc(-c7ccc8c(c7)C7(c9ccccc9-c9ccccc97)c7ccccc7-8)cc6c5c4)cc31)c1ccccc12. The fraction of sp³-hybridized carbons (Fsp3) is 0.0732. The normalized spacial score (nSPS) is 17.1. The second-order valence-electron chi connectivity index (χ2n) is 24.4. The van der Waals surface area contributed by atoms with Crippen LogP contribution < -0.4 is 0 Å². The molecular weight excluding hydrogens is 1040 g/mol. The number of hydrogen-bond donors (Lipinski definition) is 0. The topological polar surface area (TPSA) is 43.3 Å². The Bertz CT molecular complexity index is 5470. The standard InChI is InChI=1S/C82H51N3O/c1-2-25-64-54(17-1)63-24-9-16-32-76(63)85-79(83-84-80(64)85)49-35-33-48(34-36-49)65-44-53(52-38-41-62-60-23-8-15-31-73(60)82(75(62)47-52)70-28-12-5-20-57(70)58-21-6-13-29-71(58)82)45-67-66-43-50(39-42-77(66)86-78(65)67)51-37-40-61-59-22-7-14-30-72(59)81(74(61)46-51)68-26-10-3-18-55(68)56-19-4-11-27-69(56)81/h1-10,12-13,15-26,28-29,31-47H,11,14,27,30H2. The maximum Gasteiger partial charge on any atom is 0.169 e. The van der Waals surface area contributed by atoms with Gasteiger partial charge >= 0.3 is 0 Å². The molecule has 3 heterocycles. The zero-order chi connectivity index (χ0) is 56.0. The van der Waals surface area contributed by atoms with Crippen molar-refractivity contribution in [2.75, 3.05) is 0 Å². The van der Waals surface area contributed by atoms with Crippen LogP contribution in [0.4, 0.5) is 0 Å². The molecule has 0 N–H and O–H groups in total. The number of rotatable bonds is 4. The first-order valence-corrected chi connectivity index (χ1v) is 30.4. The molecule has 0 fully saturated rings. The Hall–Kier alpha value is -10.7. The summed E-state index contributed by atoms with van der Waals surface area (Å²) in [4.78, 5) is 0. The number of aromatic nitrogens is 3. The lowest BCUT2D eigenvalue weighted by Gasteiger charge is -2.36. The van der Waals surface area contributed by atoms with Gasteiger partial charge in [0.05, 0.1) is 16.3 Å². The van der Waals surface area contributed by atoms with Crippen molar-refractivity contribution in [3.05, 3.63) is 317 Å². The second-order valence-corrected chi connectivity index (χ2v) is 24.4. The van der Waals surface area contributed by atoms with Crippen molar-refractivity contribution in [1.29, 1.82) is 0 Å². The van der Waals surface area contributed by atoms with E-state index in [1.165, 1.54) is 99.8 Å². The molecule has 86 heavy (non-hydrogen) atoms. The monoisotopic (exact) mass is 1090 g/mol. The number of fused-ring (bicyclic) bond motifs is 27. The minimum absolute atomic E-state index is 0.268. The van der Waals surface area contributed by atoms with E-state index in [1.807, 2.05) is 0 Å². The number of furan rings is 1. The van der Waals surface area contributed by atoms with E-state index in [1.54, 1.807) is 11.1 Å². The summed E-state index contributed by atoms with van der Waals surface area (Å²) in [6.45, 7) is 0. The molecule has 4 nitrogen and oxygen atoms in total. The lowest BCUT2D eigenvalue weighted by molar-refractivity contribution is 0.661. The van der Waals surface area contributed by atoms with Gasteiger partial charge in [0.15, 0.2) is 11.5 Å². The van der Waals surface area contributed by atoms with Crippen molar-refractivity contribution >= 4 is 60.4 Å². The molecule has 0 amide bonds. The summed E-state index contributed by atoms with van der Waals surface area (Å²) in [5, 5.41) is 15.4. The molecule has 1 unspecified atom stereocenters. The van der Waals surface area contributed by atoms with Gasteiger partial charge in [-0.1, -0.05) is 218 Å². The lowest BCUT2D eigenvalue weighted by Crippen LogP contribution is -2.29. The molecule has 20 rings (SSSR count). The van der Waals surface area contributed by atoms with E-state index in [0.29, 0.717) is 0 Å². The predicted molar refractivity (Wildman–Crippen MR) is 351 cm³/mol. The molecule has 6 aliphatic rings. The van der Waals surface area contributed by atoms with Gasteiger partial charge in [0.25, 0.3) is 0 Å². The van der Waals surface area contributed by atoms with Crippen LogP contribution in [0.2, 0.25) is 0 Å². The van der Waals surface area contributed by atoms with Crippen molar-refractivity contribution in [3.8, 4) is 67.0 Å². The van der Waals surface area contributed by atoms with Crippen molar-refractivity contribution < 1.29 is 4.42 Å². The summed E-state index contributed by atoms with van der Waals surface area (Å²) in [5.41, 5.74) is 32.8. The van der Waals surface area contributed by atoms with Crippen LogP contribution in [0.3, 0.4) is 0 Å². The maximum atomic E-state index is 7.20. The molecule has 11 aromatic carbocycles. The first-order valence-electron chi connectivity index (χ1n) is 30.4. The molecule has 0 saturated heterocycles. The fourth-order valence-corrected chi connectivity index (χ4v) is 17.1. The van der Waals surface area contributed by atoms with Crippen LogP contribution in [0.5, 0.6) is 0 Å². The summed E-state index contributed by atoms with van der Waals surface area (Å²) < 4.78 is 9.42. The van der Waals surface area contributed by atoms with Gasteiger partial charge in [-0.3, -0.25) is 4.40 Å². The van der Waals surface area contributed by atoms with Crippen LogP contribution in [0.1, 0.15) is 70.2 Å². The Morgan fingerprint density at radius 2 is 0.826 bits per heavy atom. The quantitative estimate of drug-likeness (QED) is 0.165. The average molecular weight is 1090 g/mol. The highest BCUT2D eigenvalue weighted by atomic mass is 16.3. The molecule has 14 aromatic rings. The summed E-state index contributed by atoms with van der Waals surface area (Å²) in [7, 11) is 0. The highest BCUT2D eigenvalue weighted by molar-refractivity contribution is 6.14. The zero-order valence-corrected chi connectivity index (χ0v) is 46.9. The maximum absolute atomic E-state index is 7.20. The number of para-hydroxylation sites is 1. The molecular formula is C82H51N3O. The van der Waals surface area contributed by atoms with E-state index in [4.69, 9.17) is 14.6 Å². The van der Waals surface area contributed by atoms with Gasteiger partial charge in [0.1, 0.15) is 11.2 Å². The van der Waals surface area contributed by atoms with E-state index in [9.17, 15) is 0 Å². The second kappa shape index (κ2) is 17.0. The molecule has 1 atom stereocenters. The highest BCUT2D eigenvalue weighted by Gasteiger charge is 2.54. The predicted octanol–water partition coefficient (Wildman–Crippen LogP) is 20.5.